The number of hydrogen-bond acceptors (Lipinski definition) is 3. The molecule has 0 spiro atoms. The summed E-state index contributed by atoms with van der Waals surface area (Å²) in [6.07, 6.45) is 3.29. The summed E-state index contributed by atoms with van der Waals surface area (Å²) >= 11 is 0. The Morgan fingerprint density at radius 2 is 1.70 bits per heavy atom. The van der Waals surface area contributed by atoms with Crippen molar-refractivity contribution in [1.82, 2.24) is 4.90 Å². The molecule has 0 aliphatic carbocycles. The van der Waals surface area contributed by atoms with Crippen molar-refractivity contribution in [3.05, 3.63) is 29.8 Å². The average molecular weight is 275 g/mol. The monoisotopic (exact) mass is 275 g/mol. The molecule has 0 saturated carbocycles. The number of rotatable bonds is 6. The van der Waals surface area contributed by atoms with Crippen LogP contribution in [0.2, 0.25) is 0 Å². The van der Waals surface area contributed by atoms with E-state index in [0.29, 0.717) is 6.04 Å². The van der Waals surface area contributed by atoms with Crippen molar-refractivity contribution in [2.45, 2.75) is 39.2 Å². The van der Waals surface area contributed by atoms with Gasteiger partial charge in [0, 0.05) is 37.9 Å². The van der Waals surface area contributed by atoms with E-state index in [2.05, 4.69) is 47.9 Å². The Morgan fingerprint density at radius 1 is 1.05 bits per heavy atom. The largest absolute Gasteiger partial charge is 0.369 e. The Bertz CT molecular complexity index is 380. The molecule has 0 bridgehead atoms. The van der Waals surface area contributed by atoms with Crippen LogP contribution in [0.4, 0.5) is 5.69 Å². The first-order valence-electron chi connectivity index (χ1n) is 8.04. The normalized spacial score (nSPS) is 18.2. The molecule has 2 N–H and O–H groups in total. The van der Waals surface area contributed by atoms with E-state index >= 15 is 0 Å². The van der Waals surface area contributed by atoms with Crippen LogP contribution < -0.4 is 10.6 Å². The zero-order chi connectivity index (χ0) is 14.4. The van der Waals surface area contributed by atoms with Crippen molar-refractivity contribution in [3.8, 4) is 0 Å². The van der Waals surface area contributed by atoms with Gasteiger partial charge in [-0.3, -0.25) is 4.90 Å². The first kappa shape index (κ1) is 15.3. The van der Waals surface area contributed by atoms with E-state index in [-0.39, 0.29) is 0 Å². The van der Waals surface area contributed by atoms with Crippen LogP contribution in [0.3, 0.4) is 0 Å². The number of piperazine rings is 1. The number of hydrogen-bond donors (Lipinski definition) is 1. The molecule has 1 saturated heterocycles. The minimum atomic E-state index is 0.290. The summed E-state index contributed by atoms with van der Waals surface area (Å²) in [7, 11) is 0. The Labute approximate surface area is 123 Å². The Hall–Kier alpha value is -1.06. The highest BCUT2D eigenvalue weighted by Crippen LogP contribution is 2.18. The van der Waals surface area contributed by atoms with E-state index < -0.39 is 0 Å². The van der Waals surface area contributed by atoms with Gasteiger partial charge in [0.15, 0.2) is 0 Å². The lowest BCUT2D eigenvalue weighted by molar-refractivity contribution is 0.258. The van der Waals surface area contributed by atoms with Crippen LogP contribution in [-0.2, 0) is 6.42 Å². The van der Waals surface area contributed by atoms with Gasteiger partial charge in [-0.2, -0.15) is 0 Å². The topological polar surface area (TPSA) is 32.5 Å². The number of benzene rings is 1. The average Bonchev–Trinajstić information content (AvgIpc) is 2.49. The summed E-state index contributed by atoms with van der Waals surface area (Å²) in [6.45, 7) is 10.3. The summed E-state index contributed by atoms with van der Waals surface area (Å²) in [5, 5.41) is 0. The van der Waals surface area contributed by atoms with Gasteiger partial charge in [-0.1, -0.05) is 26.0 Å². The van der Waals surface area contributed by atoms with Crippen LogP contribution in [0.1, 0.15) is 32.3 Å². The predicted octanol–water partition coefficient (Wildman–Crippen LogP) is 2.50. The van der Waals surface area contributed by atoms with Gasteiger partial charge in [0.2, 0.25) is 0 Å². The summed E-state index contributed by atoms with van der Waals surface area (Å²) in [5.74, 6) is 0. The molecule has 20 heavy (non-hydrogen) atoms. The molecule has 1 unspecified atom stereocenters. The van der Waals surface area contributed by atoms with Crippen LogP contribution >= 0.6 is 0 Å². The van der Waals surface area contributed by atoms with E-state index in [4.69, 9.17) is 5.73 Å². The van der Waals surface area contributed by atoms with Crippen molar-refractivity contribution >= 4 is 5.69 Å². The van der Waals surface area contributed by atoms with Crippen molar-refractivity contribution in [3.63, 3.8) is 0 Å². The molecular weight excluding hydrogens is 246 g/mol. The fourth-order valence-electron chi connectivity index (χ4n) is 2.84. The first-order valence-corrected chi connectivity index (χ1v) is 8.04. The molecule has 1 aromatic carbocycles. The molecule has 1 fully saturated rings. The molecule has 0 aromatic heterocycles. The standard InChI is InChI=1S/C17H29N3/c1-3-9-19-10-12-20(13-11-19)17-7-5-15(6-8-17)14-16(18)4-2/h5-8,16H,3-4,9-14,18H2,1-2H3. The molecule has 3 heteroatoms. The Morgan fingerprint density at radius 3 is 2.25 bits per heavy atom. The van der Waals surface area contributed by atoms with Gasteiger partial charge in [0.25, 0.3) is 0 Å². The van der Waals surface area contributed by atoms with Gasteiger partial charge >= 0.3 is 0 Å². The summed E-state index contributed by atoms with van der Waals surface area (Å²) in [6, 6.07) is 9.28. The minimum Gasteiger partial charge on any atom is -0.369 e. The number of nitrogens with zero attached hydrogens (tertiary/aromatic N) is 2. The third kappa shape index (κ3) is 4.22. The lowest BCUT2D eigenvalue weighted by Gasteiger charge is -2.36. The highest BCUT2D eigenvalue weighted by Gasteiger charge is 2.16. The van der Waals surface area contributed by atoms with E-state index in [1.54, 1.807) is 0 Å². The smallest absolute Gasteiger partial charge is 0.0367 e. The predicted molar refractivity (Wildman–Crippen MR) is 87.4 cm³/mol. The van der Waals surface area contributed by atoms with Crippen LogP contribution in [0.25, 0.3) is 0 Å². The van der Waals surface area contributed by atoms with Crippen molar-refractivity contribution in [2.75, 3.05) is 37.6 Å². The van der Waals surface area contributed by atoms with Gasteiger partial charge in [-0.05, 0) is 43.5 Å². The zero-order valence-electron chi connectivity index (χ0n) is 13.0. The molecule has 0 radical (unpaired) electrons. The molecule has 1 heterocycles. The van der Waals surface area contributed by atoms with E-state index in [0.717, 1.165) is 25.9 Å². The molecule has 1 aliphatic rings. The summed E-state index contributed by atoms with van der Waals surface area (Å²) < 4.78 is 0. The molecule has 1 atom stereocenters. The lowest BCUT2D eigenvalue weighted by Crippen LogP contribution is -2.46. The molecular formula is C17H29N3. The highest BCUT2D eigenvalue weighted by atomic mass is 15.3. The van der Waals surface area contributed by atoms with Gasteiger partial charge in [-0.25, -0.2) is 0 Å². The highest BCUT2D eigenvalue weighted by molar-refractivity contribution is 5.48. The maximum absolute atomic E-state index is 6.01. The van der Waals surface area contributed by atoms with Crippen LogP contribution in [0.15, 0.2) is 24.3 Å². The van der Waals surface area contributed by atoms with Gasteiger partial charge < -0.3 is 10.6 Å². The third-order valence-corrected chi connectivity index (χ3v) is 4.24. The maximum atomic E-state index is 6.01. The van der Waals surface area contributed by atoms with Crippen molar-refractivity contribution < 1.29 is 0 Å². The number of nitrogens with two attached hydrogens (primary N) is 1. The van der Waals surface area contributed by atoms with Crippen molar-refractivity contribution in [1.29, 1.82) is 0 Å². The Balaban J connectivity index is 1.87. The second-order valence-electron chi connectivity index (χ2n) is 5.87. The first-order chi connectivity index (χ1) is 9.72. The van der Waals surface area contributed by atoms with Gasteiger partial charge in [0.1, 0.15) is 0 Å². The lowest BCUT2D eigenvalue weighted by atomic mass is 10.0. The molecule has 1 aliphatic heterocycles. The van der Waals surface area contributed by atoms with Gasteiger partial charge in [0.05, 0.1) is 0 Å². The third-order valence-electron chi connectivity index (χ3n) is 4.24. The second kappa shape index (κ2) is 7.65. The van der Waals surface area contributed by atoms with E-state index in [9.17, 15) is 0 Å². The molecule has 1 aromatic rings. The Kier molecular flexibility index (Phi) is 5.86. The SMILES string of the molecule is CCCN1CCN(c2ccc(CC(N)CC)cc2)CC1. The zero-order valence-corrected chi connectivity index (χ0v) is 13.0. The van der Waals surface area contributed by atoms with Gasteiger partial charge in [-0.15, -0.1) is 0 Å². The molecule has 3 nitrogen and oxygen atoms in total. The van der Waals surface area contributed by atoms with Crippen LogP contribution in [-0.4, -0.2) is 43.7 Å². The van der Waals surface area contributed by atoms with E-state index in [1.165, 1.54) is 37.3 Å². The van der Waals surface area contributed by atoms with E-state index in [1.807, 2.05) is 0 Å². The van der Waals surface area contributed by atoms with Crippen molar-refractivity contribution in [2.24, 2.45) is 5.73 Å². The second-order valence-corrected chi connectivity index (χ2v) is 5.87. The molecule has 2 rings (SSSR count). The molecule has 112 valence electrons. The fourth-order valence-corrected chi connectivity index (χ4v) is 2.84. The van der Waals surface area contributed by atoms with Crippen LogP contribution in [0.5, 0.6) is 0 Å². The number of anilines is 1. The van der Waals surface area contributed by atoms with Crippen LogP contribution in [0, 0.1) is 0 Å². The quantitative estimate of drug-likeness (QED) is 0.866. The summed E-state index contributed by atoms with van der Waals surface area (Å²) in [4.78, 5) is 5.06. The maximum Gasteiger partial charge on any atom is 0.0367 e. The minimum absolute atomic E-state index is 0.290. The fraction of sp³-hybridized carbons (Fsp3) is 0.647. The molecule has 0 amide bonds. The summed E-state index contributed by atoms with van der Waals surface area (Å²) in [5.41, 5.74) is 8.72.